The first-order chi connectivity index (χ1) is 7.81. The van der Waals surface area contributed by atoms with Crippen molar-refractivity contribution in [3.63, 3.8) is 0 Å². The molecule has 1 radical (unpaired) electrons. The lowest BCUT2D eigenvalue weighted by Crippen LogP contribution is -2.18. The molecule has 0 heterocycles. The topological polar surface area (TPSA) is 3.24 Å². The van der Waals surface area contributed by atoms with E-state index >= 15 is 0 Å². The van der Waals surface area contributed by atoms with E-state index in [0.29, 0.717) is 0 Å². The Morgan fingerprint density at radius 2 is 1.19 bits per heavy atom. The molecule has 1 nitrogen and oxygen atoms in total. The summed E-state index contributed by atoms with van der Waals surface area (Å²) in [6.45, 7) is 8.56. The third-order valence-electron chi connectivity index (χ3n) is 3.33. The Bertz CT molecular complexity index is 123. The molecule has 0 aromatic heterocycles. The zero-order valence-electron chi connectivity index (χ0n) is 11.6. The fourth-order valence-corrected chi connectivity index (χ4v) is 1.95. The average molecular weight is 226 g/mol. The summed E-state index contributed by atoms with van der Waals surface area (Å²) in [5.74, 6) is 0. The Kier molecular flexibility index (Phi) is 13.0. The highest BCUT2D eigenvalue weighted by atomic mass is 15.1. The van der Waals surface area contributed by atoms with Crippen molar-refractivity contribution in [2.24, 2.45) is 0 Å². The second-order valence-corrected chi connectivity index (χ2v) is 4.93. The molecule has 0 rings (SSSR count). The van der Waals surface area contributed by atoms with Crippen LogP contribution in [0.15, 0.2) is 0 Å². The Hall–Kier alpha value is -0.0400. The minimum Gasteiger partial charge on any atom is -0.307 e. The number of rotatable bonds is 12. The maximum absolute atomic E-state index is 3.87. The van der Waals surface area contributed by atoms with Crippen molar-refractivity contribution in [2.45, 2.75) is 71.1 Å². The van der Waals surface area contributed by atoms with Gasteiger partial charge in [0.25, 0.3) is 0 Å². The van der Waals surface area contributed by atoms with E-state index in [1.165, 1.54) is 70.9 Å². The van der Waals surface area contributed by atoms with Gasteiger partial charge in [-0.25, -0.2) is 0 Å². The Morgan fingerprint density at radius 3 is 1.62 bits per heavy atom. The molecule has 0 fully saturated rings. The molecule has 0 unspecified atom stereocenters. The van der Waals surface area contributed by atoms with E-state index in [0.717, 1.165) is 6.42 Å². The van der Waals surface area contributed by atoms with E-state index in [2.05, 4.69) is 25.8 Å². The van der Waals surface area contributed by atoms with Gasteiger partial charge in [-0.1, -0.05) is 71.6 Å². The van der Waals surface area contributed by atoms with Crippen LogP contribution in [0.4, 0.5) is 0 Å². The third-order valence-corrected chi connectivity index (χ3v) is 3.33. The zero-order valence-corrected chi connectivity index (χ0v) is 11.6. The van der Waals surface area contributed by atoms with Crippen molar-refractivity contribution in [3.8, 4) is 0 Å². The van der Waals surface area contributed by atoms with Gasteiger partial charge >= 0.3 is 0 Å². The van der Waals surface area contributed by atoms with Gasteiger partial charge in [0, 0.05) is 0 Å². The SMILES string of the molecule is [CH2]CCCCCCCCCCCN(C)CC. The van der Waals surface area contributed by atoms with Gasteiger partial charge < -0.3 is 4.90 Å². The average Bonchev–Trinajstić information content (AvgIpc) is 2.31. The van der Waals surface area contributed by atoms with Crippen molar-refractivity contribution >= 4 is 0 Å². The molecule has 0 saturated heterocycles. The van der Waals surface area contributed by atoms with Crippen LogP contribution < -0.4 is 0 Å². The molecule has 0 aliphatic carbocycles. The van der Waals surface area contributed by atoms with Gasteiger partial charge in [-0.3, -0.25) is 0 Å². The summed E-state index contributed by atoms with van der Waals surface area (Å²) in [6, 6.07) is 0. The molecule has 0 aliphatic rings. The first kappa shape index (κ1) is 16.0. The highest BCUT2D eigenvalue weighted by Crippen LogP contribution is 2.10. The summed E-state index contributed by atoms with van der Waals surface area (Å²) in [7, 11) is 2.21. The molecule has 0 N–H and O–H groups in total. The molecule has 1 heteroatoms. The lowest BCUT2D eigenvalue weighted by Gasteiger charge is -2.12. The number of nitrogens with zero attached hydrogens (tertiary/aromatic N) is 1. The first-order valence-corrected chi connectivity index (χ1v) is 7.29. The molecule has 97 valence electrons. The summed E-state index contributed by atoms with van der Waals surface area (Å²) in [5.41, 5.74) is 0. The Balaban J connectivity index is 2.93. The zero-order chi connectivity index (χ0) is 12.1. The molecular weight excluding hydrogens is 194 g/mol. The quantitative estimate of drug-likeness (QED) is 0.437. The van der Waals surface area contributed by atoms with Gasteiger partial charge in [-0.2, -0.15) is 0 Å². The summed E-state index contributed by atoms with van der Waals surface area (Å²) in [5, 5.41) is 0. The molecular formula is C15H32N. The Labute approximate surface area is 104 Å². The standard InChI is InChI=1S/C15H32N/c1-4-6-7-8-9-10-11-12-13-14-15-16(3)5-2/h1,4-15H2,2-3H3. The van der Waals surface area contributed by atoms with Crippen LogP contribution in [0.25, 0.3) is 0 Å². The summed E-state index contributed by atoms with van der Waals surface area (Å²) >= 11 is 0. The first-order valence-electron chi connectivity index (χ1n) is 7.29. The van der Waals surface area contributed by atoms with Gasteiger partial charge in [0.1, 0.15) is 0 Å². The molecule has 0 bridgehead atoms. The monoisotopic (exact) mass is 226 g/mol. The van der Waals surface area contributed by atoms with Crippen molar-refractivity contribution in [1.82, 2.24) is 4.90 Å². The van der Waals surface area contributed by atoms with Crippen LogP contribution in [0.1, 0.15) is 71.1 Å². The highest BCUT2D eigenvalue weighted by molar-refractivity contribution is 4.51. The molecule has 0 saturated carbocycles. The molecule has 0 aromatic carbocycles. The van der Waals surface area contributed by atoms with Gasteiger partial charge in [-0.05, 0) is 26.6 Å². The fraction of sp³-hybridized carbons (Fsp3) is 0.933. The number of hydrogen-bond acceptors (Lipinski definition) is 1. The minimum absolute atomic E-state index is 1.12. The summed E-state index contributed by atoms with van der Waals surface area (Å²) in [4.78, 5) is 2.40. The maximum Gasteiger partial charge on any atom is -0.00219 e. The van der Waals surface area contributed by atoms with Gasteiger partial charge in [0.05, 0.1) is 0 Å². The number of hydrogen-bond donors (Lipinski definition) is 0. The van der Waals surface area contributed by atoms with Gasteiger partial charge in [-0.15, -0.1) is 0 Å². The smallest absolute Gasteiger partial charge is 0.00219 e. The van der Waals surface area contributed by atoms with Crippen LogP contribution in [0, 0.1) is 6.92 Å². The summed E-state index contributed by atoms with van der Waals surface area (Å²) in [6.07, 6.45) is 13.8. The lowest BCUT2D eigenvalue weighted by atomic mass is 10.1. The molecule has 0 aliphatic heterocycles. The van der Waals surface area contributed by atoms with Crippen LogP contribution in [0.5, 0.6) is 0 Å². The van der Waals surface area contributed by atoms with Crippen LogP contribution >= 0.6 is 0 Å². The molecule has 0 atom stereocenters. The van der Waals surface area contributed by atoms with Crippen LogP contribution in [0.2, 0.25) is 0 Å². The van der Waals surface area contributed by atoms with E-state index < -0.39 is 0 Å². The van der Waals surface area contributed by atoms with Crippen molar-refractivity contribution in [2.75, 3.05) is 20.1 Å². The van der Waals surface area contributed by atoms with E-state index in [1.54, 1.807) is 0 Å². The van der Waals surface area contributed by atoms with Crippen LogP contribution in [-0.2, 0) is 0 Å². The van der Waals surface area contributed by atoms with Gasteiger partial charge in [0.2, 0.25) is 0 Å². The number of unbranched alkanes of at least 4 members (excludes halogenated alkanes) is 9. The lowest BCUT2D eigenvalue weighted by molar-refractivity contribution is 0.340. The van der Waals surface area contributed by atoms with E-state index in [9.17, 15) is 0 Å². The molecule has 0 spiro atoms. The Morgan fingerprint density at radius 1 is 0.750 bits per heavy atom. The highest BCUT2D eigenvalue weighted by Gasteiger charge is 1.95. The van der Waals surface area contributed by atoms with Crippen LogP contribution in [-0.4, -0.2) is 25.0 Å². The summed E-state index contributed by atoms with van der Waals surface area (Å²) < 4.78 is 0. The van der Waals surface area contributed by atoms with Crippen molar-refractivity contribution in [3.05, 3.63) is 6.92 Å². The van der Waals surface area contributed by atoms with E-state index in [1.807, 2.05) is 0 Å². The fourth-order valence-electron chi connectivity index (χ4n) is 1.95. The predicted molar refractivity (Wildman–Crippen MR) is 74.7 cm³/mol. The van der Waals surface area contributed by atoms with Crippen LogP contribution in [0.3, 0.4) is 0 Å². The van der Waals surface area contributed by atoms with E-state index in [4.69, 9.17) is 0 Å². The minimum atomic E-state index is 1.12. The maximum atomic E-state index is 3.87. The molecule has 0 amide bonds. The third kappa shape index (κ3) is 12.0. The van der Waals surface area contributed by atoms with E-state index in [-0.39, 0.29) is 0 Å². The largest absolute Gasteiger partial charge is 0.307 e. The van der Waals surface area contributed by atoms with Gasteiger partial charge in [0.15, 0.2) is 0 Å². The molecule has 0 aromatic rings. The normalized spacial score (nSPS) is 11.2. The predicted octanol–water partition coefficient (Wildman–Crippen LogP) is 4.67. The van der Waals surface area contributed by atoms with Crippen molar-refractivity contribution in [1.29, 1.82) is 0 Å². The second-order valence-electron chi connectivity index (χ2n) is 4.93. The second kappa shape index (κ2) is 13.0. The van der Waals surface area contributed by atoms with Crippen molar-refractivity contribution < 1.29 is 0 Å². The molecule has 16 heavy (non-hydrogen) atoms.